The number of likely N-dealkylation sites (tertiary alicyclic amines) is 1. The number of ether oxygens (including phenoxy) is 3. The molecule has 0 radical (unpaired) electrons. The number of Topliss-reactive ketones (excluding diaryl/α,β-unsaturated/α-hetero) is 1. The molecule has 3 aromatic carbocycles. The number of aliphatic hydroxyl groups is 1. The predicted molar refractivity (Wildman–Crippen MR) is 152 cm³/mol. The molecule has 8 nitrogen and oxygen atoms in total. The number of rotatable bonds is 9. The van der Waals surface area contributed by atoms with E-state index in [1.165, 1.54) is 0 Å². The molecule has 0 saturated carbocycles. The third-order valence-electron chi connectivity index (χ3n) is 7.22. The maximum atomic E-state index is 13.5. The van der Waals surface area contributed by atoms with Crippen molar-refractivity contribution in [3.63, 3.8) is 0 Å². The Bertz CT molecular complexity index is 1400. The Morgan fingerprint density at radius 2 is 1.68 bits per heavy atom. The predicted octanol–water partition coefficient (Wildman–Crippen LogP) is 4.94. The molecular formula is C32H34N2O6. The zero-order valence-electron chi connectivity index (χ0n) is 22.8. The number of aryl methyl sites for hydroxylation is 1. The quantitative estimate of drug-likeness (QED) is 0.233. The van der Waals surface area contributed by atoms with E-state index in [1.807, 2.05) is 74.5 Å². The van der Waals surface area contributed by atoms with Gasteiger partial charge in [0.1, 0.15) is 23.0 Å². The largest absolute Gasteiger partial charge is 0.507 e. The molecule has 2 heterocycles. The molecule has 5 rings (SSSR count). The molecule has 208 valence electrons. The molecule has 0 aliphatic carbocycles. The average molecular weight is 543 g/mol. The molecule has 2 saturated heterocycles. The molecule has 1 amide bonds. The Kier molecular flexibility index (Phi) is 8.48. The first-order valence-corrected chi connectivity index (χ1v) is 13.6. The lowest BCUT2D eigenvalue weighted by Gasteiger charge is -2.31. The molecule has 0 spiro atoms. The summed E-state index contributed by atoms with van der Waals surface area (Å²) in [6, 6.07) is 21.3. The highest BCUT2D eigenvalue weighted by molar-refractivity contribution is 6.46. The van der Waals surface area contributed by atoms with Crippen LogP contribution in [0, 0.1) is 6.92 Å². The highest BCUT2D eigenvalue weighted by atomic mass is 16.5. The summed E-state index contributed by atoms with van der Waals surface area (Å²) < 4.78 is 17.1. The Hall–Kier alpha value is -4.14. The fraction of sp³-hybridized carbons (Fsp3) is 0.312. The molecule has 2 aliphatic heterocycles. The Labute approximate surface area is 234 Å². The van der Waals surface area contributed by atoms with Gasteiger partial charge in [0.25, 0.3) is 11.7 Å². The highest BCUT2D eigenvalue weighted by Gasteiger charge is 2.46. The fourth-order valence-electron chi connectivity index (χ4n) is 5.21. The van der Waals surface area contributed by atoms with E-state index in [2.05, 4.69) is 4.90 Å². The maximum absolute atomic E-state index is 13.5. The number of aliphatic hydroxyl groups excluding tert-OH is 1. The van der Waals surface area contributed by atoms with E-state index < -0.39 is 17.7 Å². The fourth-order valence-corrected chi connectivity index (χ4v) is 5.21. The molecule has 8 heteroatoms. The lowest BCUT2D eigenvalue weighted by molar-refractivity contribution is -0.140. The zero-order chi connectivity index (χ0) is 28.1. The van der Waals surface area contributed by atoms with E-state index >= 15 is 0 Å². The summed E-state index contributed by atoms with van der Waals surface area (Å²) in [5, 5.41) is 11.6. The third kappa shape index (κ3) is 5.88. The van der Waals surface area contributed by atoms with Gasteiger partial charge in [0.2, 0.25) is 0 Å². The summed E-state index contributed by atoms with van der Waals surface area (Å²) in [6.45, 7) is 7.98. The molecular weight excluding hydrogens is 508 g/mol. The second-order valence-electron chi connectivity index (χ2n) is 9.84. The highest BCUT2D eigenvalue weighted by Crippen LogP contribution is 2.41. The number of para-hydroxylation sites is 1. The Morgan fingerprint density at radius 1 is 0.925 bits per heavy atom. The lowest BCUT2D eigenvalue weighted by atomic mass is 9.93. The smallest absolute Gasteiger partial charge is 0.295 e. The van der Waals surface area contributed by atoms with Gasteiger partial charge in [-0.05, 0) is 67.4 Å². The van der Waals surface area contributed by atoms with E-state index in [4.69, 9.17) is 14.2 Å². The minimum absolute atomic E-state index is 0.0658. The van der Waals surface area contributed by atoms with Crippen LogP contribution in [0.2, 0.25) is 0 Å². The van der Waals surface area contributed by atoms with Crippen molar-refractivity contribution in [2.45, 2.75) is 19.9 Å². The molecule has 40 heavy (non-hydrogen) atoms. The van der Waals surface area contributed by atoms with E-state index in [9.17, 15) is 14.7 Å². The van der Waals surface area contributed by atoms with Crippen LogP contribution < -0.4 is 9.47 Å². The first-order chi connectivity index (χ1) is 19.5. The van der Waals surface area contributed by atoms with Crippen LogP contribution in [0.4, 0.5) is 0 Å². The van der Waals surface area contributed by atoms with Gasteiger partial charge in [0.15, 0.2) is 0 Å². The number of carbonyl (C=O) groups excluding carboxylic acids is 2. The number of carbonyl (C=O) groups is 2. The number of hydrogen-bond acceptors (Lipinski definition) is 7. The molecule has 2 aliphatic rings. The summed E-state index contributed by atoms with van der Waals surface area (Å²) in [5.74, 6) is 0.382. The standard InChI is InChI=1S/C32H34N2O6/c1-3-39-25-12-13-27(22(2)20-25)30(35)28-29(23-8-7-11-26(21-23)40-24-9-5-4-6-10-24)34(32(37)31(28)36)15-14-33-16-18-38-19-17-33/h4-13,20-21,29,35H,3,14-19H2,1-2H3/b30-28+. The summed E-state index contributed by atoms with van der Waals surface area (Å²) in [4.78, 5) is 30.7. The van der Waals surface area contributed by atoms with Gasteiger partial charge in [-0.1, -0.05) is 30.3 Å². The van der Waals surface area contributed by atoms with Crippen molar-refractivity contribution in [1.29, 1.82) is 0 Å². The van der Waals surface area contributed by atoms with E-state index in [-0.39, 0.29) is 11.3 Å². The number of hydrogen-bond donors (Lipinski definition) is 1. The molecule has 1 N–H and O–H groups in total. The van der Waals surface area contributed by atoms with E-state index in [1.54, 1.807) is 17.0 Å². The third-order valence-corrected chi connectivity index (χ3v) is 7.22. The minimum Gasteiger partial charge on any atom is -0.507 e. The van der Waals surface area contributed by atoms with Crippen molar-refractivity contribution < 1.29 is 28.9 Å². The normalized spacial score (nSPS) is 19.1. The van der Waals surface area contributed by atoms with Gasteiger partial charge in [-0.3, -0.25) is 14.5 Å². The van der Waals surface area contributed by atoms with Crippen LogP contribution in [0.15, 0.2) is 78.4 Å². The molecule has 0 aromatic heterocycles. The van der Waals surface area contributed by atoms with Crippen molar-refractivity contribution in [3.8, 4) is 17.2 Å². The van der Waals surface area contributed by atoms with Crippen LogP contribution in [0.1, 0.15) is 29.7 Å². The number of ketones is 1. The minimum atomic E-state index is -0.772. The van der Waals surface area contributed by atoms with E-state index in [0.29, 0.717) is 61.3 Å². The SMILES string of the molecule is CCOc1ccc(/C(O)=C2\C(=O)C(=O)N(CCN3CCOCC3)C2c2cccc(Oc3ccccc3)c2)c(C)c1. The molecule has 0 bridgehead atoms. The van der Waals surface area contributed by atoms with Gasteiger partial charge in [-0.25, -0.2) is 0 Å². The van der Waals surface area contributed by atoms with Gasteiger partial charge in [-0.15, -0.1) is 0 Å². The van der Waals surface area contributed by atoms with Crippen LogP contribution in [0.25, 0.3) is 5.76 Å². The molecule has 3 aromatic rings. The van der Waals surface area contributed by atoms with Crippen molar-refractivity contribution in [1.82, 2.24) is 9.80 Å². The zero-order valence-corrected chi connectivity index (χ0v) is 22.8. The first-order valence-electron chi connectivity index (χ1n) is 13.6. The van der Waals surface area contributed by atoms with Crippen LogP contribution in [0.5, 0.6) is 17.2 Å². The van der Waals surface area contributed by atoms with Crippen molar-refractivity contribution in [2.24, 2.45) is 0 Å². The second-order valence-corrected chi connectivity index (χ2v) is 9.84. The van der Waals surface area contributed by atoms with Crippen LogP contribution in [-0.2, 0) is 14.3 Å². The van der Waals surface area contributed by atoms with Crippen molar-refractivity contribution >= 4 is 17.4 Å². The Morgan fingerprint density at radius 3 is 2.40 bits per heavy atom. The van der Waals surface area contributed by atoms with Crippen LogP contribution >= 0.6 is 0 Å². The first kappa shape index (κ1) is 27.4. The average Bonchev–Trinajstić information content (AvgIpc) is 3.22. The topological polar surface area (TPSA) is 88.5 Å². The number of amides is 1. The van der Waals surface area contributed by atoms with Crippen LogP contribution in [0.3, 0.4) is 0 Å². The summed E-state index contributed by atoms with van der Waals surface area (Å²) in [6.07, 6.45) is 0. The molecule has 1 atom stereocenters. The Balaban J connectivity index is 1.55. The lowest BCUT2D eigenvalue weighted by Crippen LogP contribution is -2.42. The molecule has 1 unspecified atom stereocenters. The number of benzene rings is 3. The number of morpholine rings is 1. The monoisotopic (exact) mass is 542 g/mol. The summed E-state index contributed by atoms with van der Waals surface area (Å²) in [7, 11) is 0. The van der Waals surface area contributed by atoms with Gasteiger partial charge >= 0.3 is 0 Å². The van der Waals surface area contributed by atoms with E-state index in [0.717, 1.165) is 18.7 Å². The van der Waals surface area contributed by atoms with Crippen molar-refractivity contribution in [3.05, 3.63) is 95.1 Å². The van der Waals surface area contributed by atoms with Gasteiger partial charge < -0.3 is 24.2 Å². The number of nitrogens with zero attached hydrogens (tertiary/aromatic N) is 2. The van der Waals surface area contributed by atoms with Crippen molar-refractivity contribution in [2.75, 3.05) is 46.0 Å². The summed E-state index contributed by atoms with van der Waals surface area (Å²) >= 11 is 0. The van der Waals surface area contributed by atoms with Gasteiger partial charge in [0.05, 0.1) is 31.4 Å². The van der Waals surface area contributed by atoms with Gasteiger partial charge in [0, 0.05) is 31.7 Å². The summed E-state index contributed by atoms with van der Waals surface area (Å²) in [5.41, 5.74) is 1.97. The molecule has 2 fully saturated rings. The van der Waals surface area contributed by atoms with Gasteiger partial charge in [-0.2, -0.15) is 0 Å². The second kappa shape index (κ2) is 12.4. The van der Waals surface area contributed by atoms with Crippen LogP contribution in [-0.4, -0.2) is 72.6 Å². The maximum Gasteiger partial charge on any atom is 0.295 e.